The highest BCUT2D eigenvalue weighted by molar-refractivity contribution is 5.94. The molecule has 0 unspecified atom stereocenters. The Morgan fingerprint density at radius 2 is 2.03 bits per heavy atom. The highest BCUT2D eigenvalue weighted by Gasteiger charge is 2.49. The number of pyridine rings is 2. The van der Waals surface area contributed by atoms with Crippen molar-refractivity contribution in [1.82, 2.24) is 14.9 Å². The fraction of sp³-hybridized carbons (Fsp3) is 0.448. The number of aromatic nitrogens is 2. The first-order valence-corrected chi connectivity index (χ1v) is 13.4. The van der Waals surface area contributed by atoms with Gasteiger partial charge in [-0.3, -0.25) is 9.59 Å². The minimum atomic E-state index is -1.92. The molecule has 0 saturated heterocycles. The van der Waals surface area contributed by atoms with E-state index in [4.69, 9.17) is 9.72 Å². The number of nitrogens with zero attached hydrogens (tertiary/aromatic N) is 2. The third-order valence-electron chi connectivity index (χ3n) is 8.84. The van der Waals surface area contributed by atoms with Crippen LogP contribution in [0.25, 0.3) is 22.3 Å². The van der Waals surface area contributed by atoms with E-state index >= 15 is 0 Å². The summed E-state index contributed by atoms with van der Waals surface area (Å²) in [5, 5.41) is 25.1. The van der Waals surface area contributed by atoms with E-state index in [1.807, 2.05) is 0 Å². The van der Waals surface area contributed by atoms with E-state index < -0.39 is 29.6 Å². The van der Waals surface area contributed by atoms with Gasteiger partial charge in [0.05, 0.1) is 35.1 Å². The van der Waals surface area contributed by atoms with Crippen LogP contribution in [0.3, 0.4) is 0 Å². The summed E-state index contributed by atoms with van der Waals surface area (Å²) in [5.41, 5.74) is 2.33. The lowest BCUT2D eigenvalue weighted by Gasteiger charge is -2.32. The molecule has 0 bridgehead atoms. The first-order chi connectivity index (χ1) is 18.6. The predicted molar refractivity (Wildman–Crippen MR) is 137 cm³/mol. The molecule has 0 radical (unpaired) electrons. The van der Waals surface area contributed by atoms with Crippen molar-refractivity contribution in [3.8, 4) is 11.4 Å². The van der Waals surface area contributed by atoms with E-state index in [2.05, 4.69) is 5.32 Å². The monoisotopic (exact) mass is 533 g/mol. The summed E-state index contributed by atoms with van der Waals surface area (Å²) >= 11 is 0. The third-order valence-corrected chi connectivity index (χ3v) is 8.84. The quantitative estimate of drug-likeness (QED) is 0.344. The topological polar surface area (TPSA) is 131 Å². The molecule has 2 aliphatic carbocycles. The second-order valence-electron chi connectivity index (χ2n) is 11.4. The second kappa shape index (κ2) is 8.19. The number of cyclic esters (lactones) is 1. The minimum absolute atomic E-state index is 0.168. The molecule has 0 spiro atoms. The molecule has 7 rings (SSSR count). The summed E-state index contributed by atoms with van der Waals surface area (Å²) in [6.07, 6.45) is 1.80. The molecule has 10 heteroatoms. The van der Waals surface area contributed by atoms with E-state index in [0.717, 1.165) is 34.9 Å². The molecule has 1 aromatic carbocycles. The maximum Gasteiger partial charge on any atom is 0.343 e. The predicted octanol–water partition coefficient (Wildman–Crippen LogP) is 2.40. The van der Waals surface area contributed by atoms with Gasteiger partial charge in [-0.2, -0.15) is 0 Å². The van der Waals surface area contributed by atoms with Crippen LogP contribution < -0.4 is 10.9 Å². The Morgan fingerprint density at radius 1 is 1.26 bits per heavy atom. The highest BCUT2D eigenvalue weighted by atomic mass is 19.1. The lowest BCUT2D eigenvalue weighted by Crippen LogP contribution is -2.45. The van der Waals surface area contributed by atoms with Crippen molar-refractivity contribution in [3.63, 3.8) is 0 Å². The van der Waals surface area contributed by atoms with Crippen molar-refractivity contribution >= 4 is 22.8 Å². The van der Waals surface area contributed by atoms with E-state index in [0.29, 0.717) is 35.3 Å². The molecule has 1 saturated carbocycles. The average Bonchev–Trinajstić information content (AvgIpc) is 3.63. The molecule has 1 fully saturated rings. The van der Waals surface area contributed by atoms with Gasteiger partial charge in [0.2, 0.25) is 5.91 Å². The van der Waals surface area contributed by atoms with Gasteiger partial charge in [0, 0.05) is 22.6 Å². The molecule has 3 aromatic rings. The number of rotatable bonds is 4. The van der Waals surface area contributed by atoms with Crippen LogP contribution in [-0.4, -0.2) is 37.7 Å². The Hall–Kier alpha value is -3.63. The van der Waals surface area contributed by atoms with E-state index in [9.17, 15) is 29.0 Å². The highest BCUT2D eigenvalue weighted by Crippen LogP contribution is 2.47. The van der Waals surface area contributed by atoms with Gasteiger partial charge in [-0.05, 0) is 61.8 Å². The molecule has 3 atom stereocenters. The van der Waals surface area contributed by atoms with Gasteiger partial charge >= 0.3 is 5.97 Å². The summed E-state index contributed by atoms with van der Waals surface area (Å²) in [5.74, 6) is -1.48. The third kappa shape index (κ3) is 3.44. The van der Waals surface area contributed by atoms with Gasteiger partial charge < -0.3 is 24.8 Å². The molecule has 9 nitrogen and oxygen atoms in total. The van der Waals surface area contributed by atoms with Crippen molar-refractivity contribution in [2.24, 2.45) is 5.92 Å². The minimum Gasteiger partial charge on any atom is -0.458 e. The standard InChI is InChI=1S/C29H28FN3O6/c1-12-15-5-6-20(32-26(35)13(2)34)24-16-10-33-22(25(16)31-21(23(15)24)8-19(12)30)7-18-17(27(33)36)11-39-28(37)29(18,38)9-14-3-4-14/h7-8,13-14,20,34,38H,3-6,9-11H2,1-2H3,(H,32,35)/t13-,20-,29+/m1/s1. The second-order valence-corrected chi connectivity index (χ2v) is 11.4. The molecular weight excluding hydrogens is 505 g/mol. The maximum atomic E-state index is 15.0. The normalized spacial score (nSPS) is 23.6. The summed E-state index contributed by atoms with van der Waals surface area (Å²) in [6, 6.07) is 2.56. The molecular formula is C29H28FN3O6. The van der Waals surface area contributed by atoms with Crippen molar-refractivity contribution in [3.05, 3.63) is 61.7 Å². The molecule has 2 aliphatic heterocycles. The zero-order chi connectivity index (χ0) is 27.4. The lowest BCUT2D eigenvalue weighted by molar-refractivity contribution is -0.173. The van der Waals surface area contributed by atoms with E-state index in [1.165, 1.54) is 13.0 Å². The fourth-order valence-electron chi connectivity index (χ4n) is 6.59. The van der Waals surface area contributed by atoms with Gasteiger partial charge in [0.15, 0.2) is 5.60 Å². The van der Waals surface area contributed by atoms with Gasteiger partial charge in [0.25, 0.3) is 5.56 Å². The Kier molecular flexibility index (Phi) is 5.13. The molecule has 4 heterocycles. The van der Waals surface area contributed by atoms with Crippen LogP contribution in [0.1, 0.15) is 72.0 Å². The van der Waals surface area contributed by atoms with E-state index in [1.54, 1.807) is 17.6 Å². The van der Waals surface area contributed by atoms with Crippen LogP contribution in [0.2, 0.25) is 0 Å². The number of aryl methyl sites for hydroxylation is 1. The molecule has 202 valence electrons. The smallest absolute Gasteiger partial charge is 0.343 e. The van der Waals surface area contributed by atoms with Gasteiger partial charge in [0.1, 0.15) is 18.5 Å². The summed E-state index contributed by atoms with van der Waals surface area (Å²) in [4.78, 5) is 43.9. The summed E-state index contributed by atoms with van der Waals surface area (Å²) in [6.45, 7) is 3.06. The van der Waals surface area contributed by atoms with Crippen LogP contribution >= 0.6 is 0 Å². The van der Waals surface area contributed by atoms with Crippen molar-refractivity contribution in [1.29, 1.82) is 0 Å². The summed E-state index contributed by atoms with van der Waals surface area (Å²) < 4.78 is 21.8. The summed E-state index contributed by atoms with van der Waals surface area (Å²) in [7, 11) is 0. The Bertz CT molecular complexity index is 1690. The number of amides is 1. The van der Waals surface area contributed by atoms with Gasteiger partial charge in [-0.15, -0.1) is 0 Å². The van der Waals surface area contributed by atoms with Crippen LogP contribution in [0.5, 0.6) is 0 Å². The van der Waals surface area contributed by atoms with E-state index in [-0.39, 0.29) is 48.0 Å². The van der Waals surface area contributed by atoms with Crippen LogP contribution in [0, 0.1) is 18.7 Å². The fourth-order valence-corrected chi connectivity index (χ4v) is 6.59. The number of halogens is 1. The molecule has 39 heavy (non-hydrogen) atoms. The van der Waals surface area contributed by atoms with Crippen LogP contribution in [0.15, 0.2) is 16.9 Å². The number of benzene rings is 1. The SMILES string of the molecule is Cc1c(F)cc2nc3c(c4c2c1CC[C@H]4NC(=O)[C@@H](C)O)Cn1c-3cc2c(c1=O)COC(=O)[C@]2(O)CC1CC1. The first kappa shape index (κ1) is 24.4. The zero-order valence-corrected chi connectivity index (χ0v) is 21.6. The largest absolute Gasteiger partial charge is 0.458 e. The zero-order valence-electron chi connectivity index (χ0n) is 21.6. The number of fused-ring (bicyclic) bond motifs is 5. The number of hydrogen-bond donors (Lipinski definition) is 3. The number of carbonyl (C=O) groups is 2. The molecule has 3 N–H and O–H groups in total. The van der Waals surface area contributed by atoms with Crippen molar-refractivity contribution < 1.29 is 28.9 Å². The van der Waals surface area contributed by atoms with Crippen molar-refractivity contribution in [2.45, 2.75) is 76.9 Å². The number of nitrogens with one attached hydrogen (secondary N) is 1. The maximum absolute atomic E-state index is 15.0. The molecule has 4 aliphatic rings. The lowest BCUT2D eigenvalue weighted by atomic mass is 9.81. The molecule has 2 aromatic heterocycles. The average molecular weight is 534 g/mol. The Balaban J connectivity index is 1.48. The van der Waals surface area contributed by atoms with Gasteiger partial charge in [-0.25, -0.2) is 14.2 Å². The van der Waals surface area contributed by atoms with Crippen LogP contribution in [0.4, 0.5) is 4.39 Å². The van der Waals surface area contributed by atoms with Crippen LogP contribution in [-0.2, 0) is 39.5 Å². The number of aliphatic hydroxyl groups excluding tert-OH is 1. The first-order valence-electron chi connectivity index (χ1n) is 13.4. The number of carbonyl (C=O) groups excluding carboxylic acids is 2. The van der Waals surface area contributed by atoms with Crippen molar-refractivity contribution in [2.75, 3.05) is 0 Å². The number of ether oxygens (including phenoxy) is 1. The Labute approximate surface area is 222 Å². The Morgan fingerprint density at radius 3 is 2.74 bits per heavy atom. The van der Waals surface area contributed by atoms with Gasteiger partial charge in [-0.1, -0.05) is 12.8 Å². The molecule has 1 amide bonds. The number of hydrogen-bond acceptors (Lipinski definition) is 7. The number of esters is 1. The number of aliphatic hydroxyl groups is 2.